The van der Waals surface area contributed by atoms with Crippen LogP contribution < -0.4 is 14.2 Å². The molecule has 11 atom stereocenters. The van der Waals surface area contributed by atoms with Crippen LogP contribution in [0.25, 0.3) is 0 Å². The summed E-state index contributed by atoms with van der Waals surface area (Å²) in [6, 6.07) is 24.1. The molecule has 6 aliphatic carbocycles. The van der Waals surface area contributed by atoms with Gasteiger partial charge in [0.25, 0.3) is 0 Å². The predicted molar refractivity (Wildman–Crippen MR) is 268 cm³/mol. The summed E-state index contributed by atoms with van der Waals surface area (Å²) in [5, 5.41) is 0. The fourth-order valence-corrected chi connectivity index (χ4v) is 11.2. The first-order valence-corrected chi connectivity index (χ1v) is 26.4. The highest BCUT2D eigenvalue weighted by Gasteiger charge is 2.49. The van der Waals surface area contributed by atoms with E-state index in [9.17, 15) is 0 Å². The molecular weight excluding hydrogens is 793 g/mol. The zero-order chi connectivity index (χ0) is 46.3. The Morgan fingerprint density at radius 1 is 0.375 bits per heavy atom. The van der Waals surface area contributed by atoms with Crippen LogP contribution >= 0.6 is 0 Å². The first-order valence-electron chi connectivity index (χ1n) is 26.4. The lowest BCUT2D eigenvalue weighted by molar-refractivity contribution is 0.259. The lowest BCUT2D eigenvalue weighted by Crippen LogP contribution is -2.15. The standard InChI is InChI=1S/3C10H12O2.2C10H16.4C2H6/c3*1-8-4-2-3-5-10(8)12-7-9-6-11-9;2*1-2-9-7-4-5-8(6-7)10(9)3-1;4*1-2/h3*2-5,9H,6-7H2,1H3;2*7-10H,1-6H2;4*1-2H3. The van der Waals surface area contributed by atoms with Crippen molar-refractivity contribution < 1.29 is 28.4 Å². The average molecular weight is 885 g/mol. The van der Waals surface area contributed by atoms with E-state index in [0.717, 1.165) is 37.1 Å². The van der Waals surface area contributed by atoms with E-state index in [1.807, 2.05) is 149 Å². The second-order valence-corrected chi connectivity index (χ2v) is 18.3. The molecule has 0 spiro atoms. The van der Waals surface area contributed by atoms with Crippen molar-refractivity contribution in [2.24, 2.45) is 47.3 Å². The van der Waals surface area contributed by atoms with Gasteiger partial charge in [-0.3, -0.25) is 0 Å². The van der Waals surface area contributed by atoms with E-state index in [4.69, 9.17) is 28.4 Å². The molecule has 9 fully saturated rings. The molecule has 0 aromatic heterocycles. The van der Waals surface area contributed by atoms with Crippen molar-refractivity contribution in [1.82, 2.24) is 0 Å². The summed E-state index contributed by atoms with van der Waals surface area (Å²) in [4.78, 5) is 0. The van der Waals surface area contributed by atoms with E-state index in [1.54, 1.807) is 77.0 Å². The molecule has 6 saturated carbocycles. The molecule has 3 heterocycles. The fraction of sp³-hybridized carbons (Fsp3) is 0.690. The van der Waals surface area contributed by atoms with Crippen LogP contribution in [0.2, 0.25) is 0 Å². The molecular formula is C58H92O6. The number of rotatable bonds is 9. The van der Waals surface area contributed by atoms with Crippen molar-refractivity contribution in [1.29, 1.82) is 0 Å². The third-order valence-electron chi connectivity index (χ3n) is 14.5. The quantitative estimate of drug-likeness (QED) is 0.200. The van der Waals surface area contributed by atoms with Crippen LogP contribution in [0.3, 0.4) is 0 Å². The molecule has 6 heteroatoms. The van der Waals surface area contributed by atoms with Crippen LogP contribution in [-0.2, 0) is 14.2 Å². The summed E-state index contributed by atoms with van der Waals surface area (Å²) in [6.07, 6.45) is 20.1. The second kappa shape index (κ2) is 29.6. The summed E-state index contributed by atoms with van der Waals surface area (Å²) in [5.41, 5.74) is 3.54. The molecule has 4 bridgehead atoms. The van der Waals surface area contributed by atoms with Crippen molar-refractivity contribution in [3.63, 3.8) is 0 Å². The van der Waals surface area contributed by atoms with Crippen molar-refractivity contribution in [2.45, 2.75) is 172 Å². The Labute approximate surface area is 392 Å². The van der Waals surface area contributed by atoms with Gasteiger partial charge in [-0.1, -0.05) is 123 Å². The van der Waals surface area contributed by atoms with Crippen molar-refractivity contribution >= 4 is 0 Å². The SMILES string of the molecule is C1CC2C3CCC(C3)C2C1.C1CC2C3CCC(C3)C2C1.CC.CC.CC.CC.Cc1ccccc1OCC1CO1.Cc1ccccc1OCC1CO1.Cc1ccccc1OCC1CO1. The largest absolute Gasteiger partial charge is 0.491 e. The Balaban J connectivity index is 0.000000169. The van der Waals surface area contributed by atoms with Gasteiger partial charge in [0, 0.05) is 0 Å². The molecule has 3 aromatic rings. The molecule has 0 N–H and O–H groups in total. The van der Waals surface area contributed by atoms with Gasteiger partial charge in [0.2, 0.25) is 0 Å². The lowest BCUT2D eigenvalue weighted by atomic mass is 9.82. The molecule has 12 rings (SSSR count). The molecule has 0 amide bonds. The summed E-state index contributed by atoms with van der Waals surface area (Å²) in [5.74, 6) is 12.5. The summed E-state index contributed by atoms with van der Waals surface area (Å²) < 4.78 is 31.7. The third-order valence-corrected chi connectivity index (χ3v) is 14.5. The highest BCUT2D eigenvalue weighted by molar-refractivity contribution is 5.33. The number of hydrogen-bond donors (Lipinski definition) is 0. The number of fused-ring (bicyclic) bond motifs is 10. The summed E-state index contributed by atoms with van der Waals surface area (Å²) in [6.45, 7) is 26.7. The minimum atomic E-state index is 0.338. The molecule has 360 valence electrons. The maximum Gasteiger partial charge on any atom is 0.122 e. The van der Waals surface area contributed by atoms with E-state index in [0.29, 0.717) is 38.1 Å². The van der Waals surface area contributed by atoms with Crippen LogP contribution in [0.15, 0.2) is 72.8 Å². The Morgan fingerprint density at radius 2 is 0.609 bits per heavy atom. The Kier molecular flexibility index (Phi) is 24.7. The first-order chi connectivity index (χ1) is 31.5. The minimum absolute atomic E-state index is 0.338. The van der Waals surface area contributed by atoms with Gasteiger partial charge in [0.15, 0.2) is 0 Å². The van der Waals surface area contributed by atoms with Gasteiger partial charge >= 0.3 is 0 Å². The molecule has 3 aromatic carbocycles. The van der Waals surface area contributed by atoms with Crippen LogP contribution in [0, 0.1) is 68.1 Å². The average Bonchev–Trinajstić information content (AvgIpc) is 4.25. The van der Waals surface area contributed by atoms with Crippen molar-refractivity contribution in [2.75, 3.05) is 39.6 Å². The Morgan fingerprint density at radius 3 is 0.828 bits per heavy atom. The fourth-order valence-electron chi connectivity index (χ4n) is 11.2. The van der Waals surface area contributed by atoms with E-state index < -0.39 is 0 Å². The van der Waals surface area contributed by atoms with Crippen molar-refractivity contribution in [3.8, 4) is 17.2 Å². The maximum absolute atomic E-state index is 5.54. The van der Waals surface area contributed by atoms with E-state index in [-0.39, 0.29) is 0 Å². The molecule has 0 radical (unpaired) electrons. The number of hydrogen-bond acceptors (Lipinski definition) is 6. The lowest BCUT2D eigenvalue weighted by Gasteiger charge is -2.23. The topological polar surface area (TPSA) is 65.3 Å². The molecule has 3 aliphatic heterocycles. The predicted octanol–water partition coefficient (Wildman–Crippen LogP) is 15.1. The number of aryl methyl sites for hydroxylation is 3. The van der Waals surface area contributed by atoms with Gasteiger partial charge in [-0.25, -0.2) is 0 Å². The molecule has 9 aliphatic rings. The van der Waals surface area contributed by atoms with Gasteiger partial charge in [0.1, 0.15) is 55.4 Å². The highest BCUT2D eigenvalue weighted by atomic mass is 16.6. The van der Waals surface area contributed by atoms with Crippen LogP contribution in [0.5, 0.6) is 17.2 Å². The summed E-state index contributed by atoms with van der Waals surface area (Å²) >= 11 is 0. The van der Waals surface area contributed by atoms with Gasteiger partial charge in [-0.2, -0.15) is 0 Å². The maximum atomic E-state index is 5.54. The molecule has 64 heavy (non-hydrogen) atoms. The van der Waals surface area contributed by atoms with Gasteiger partial charge < -0.3 is 28.4 Å². The normalized spacial score (nSPS) is 30.0. The zero-order valence-corrected chi connectivity index (χ0v) is 42.5. The van der Waals surface area contributed by atoms with E-state index in [1.165, 1.54) is 64.0 Å². The van der Waals surface area contributed by atoms with E-state index >= 15 is 0 Å². The van der Waals surface area contributed by atoms with Crippen LogP contribution in [0.1, 0.15) is 149 Å². The number of para-hydroxylation sites is 3. The van der Waals surface area contributed by atoms with Gasteiger partial charge in [0.05, 0.1) is 19.8 Å². The number of epoxide rings is 3. The second-order valence-electron chi connectivity index (χ2n) is 18.3. The smallest absolute Gasteiger partial charge is 0.122 e. The first kappa shape index (κ1) is 53.6. The highest BCUT2D eigenvalue weighted by Crippen LogP contribution is 2.59. The molecule has 6 nitrogen and oxygen atoms in total. The third kappa shape index (κ3) is 17.0. The summed E-state index contributed by atoms with van der Waals surface area (Å²) in [7, 11) is 0. The Bertz CT molecular complexity index is 1460. The van der Waals surface area contributed by atoms with Crippen molar-refractivity contribution in [3.05, 3.63) is 89.5 Å². The zero-order valence-electron chi connectivity index (χ0n) is 42.5. The van der Waals surface area contributed by atoms with Crippen LogP contribution in [0.4, 0.5) is 0 Å². The number of ether oxygens (including phenoxy) is 6. The molecule has 11 unspecified atom stereocenters. The van der Waals surface area contributed by atoms with Crippen LogP contribution in [-0.4, -0.2) is 58.0 Å². The Hall–Kier alpha value is -3.06. The van der Waals surface area contributed by atoms with Gasteiger partial charge in [-0.05, 0) is 167 Å². The number of benzene rings is 3. The van der Waals surface area contributed by atoms with E-state index in [2.05, 4.69) is 0 Å². The minimum Gasteiger partial charge on any atom is -0.491 e. The molecule has 3 saturated heterocycles. The van der Waals surface area contributed by atoms with Gasteiger partial charge in [-0.15, -0.1) is 0 Å². The monoisotopic (exact) mass is 885 g/mol.